The van der Waals surface area contributed by atoms with Crippen LogP contribution in [-0.2, 0) is 4.79 Å². The average molecular weight is 304 g/mol. The molecular weight excluding hydrogens is 276 g/mol. The smallest absolute Gasteiger partial charge is 0.328 e. The first-order valence-corrected chi connectivity index (χ1v) is 7.68. The first-order chi connectivity index (χ1) is 10.6. The van der Waals surface area contributed by atoms with Crippen LogP contribution in [0.4, 0.5) is 0 Å². The number of esters is 1. The second-order valence-electron chi connectivity index (χ2n) is 4.51. The van der Waals surface area contributed by atoms with Crippen LogP contribution in [0.5, 0.6) is 5.75 Å². The summed E-state index contributed by atoms with van der Waals surface area (Å²) in [4.78, 5) is 11.8. The average Bonchev–Trinajstić information content (AvgIpc) is 2.56. The van der Waals surface area contributed by atoms with Crippen LogP contribution >= 0.6 is 0 Å². The van der Waals surface area contributed by atoms with E-state index in [2.05, 4.69) is 13.2 Å². The zero-order valence-corrected chi connectivity index (χ0v) is 13.7. The third-order valence-electron chi connectivity index (χ3n) is 2.99. The largest absolute Gasteiger partial charge is 0.425 e. The SMILES string of the molecule is C=Cc1ccc(OC(=O)C(N)CCCCN)cc1C=C.CC. The fourth-order valence-corrected chi connectivity index (χ4v) is 1.80. The van der Waals surface area contributed by atoms with Crippen molar-refractivity contribution in [1.29, 1.82) is 0 Å². The molecule has 1 unspecified atom stereocenters. The van der Waals surface area contributed by atoms with Gasteiger partial charge < -0.3 is 16.2 Å². The van der Waals surface area contributed by atoms with E-state index in [1.807, 2.05) is 19.9 Å². The maximum absolute atomic E-state index is 11.8. The molecule has 22 heavy (non-hydrogen) atoms. The van der Waals surface area contributed by atoms with Gasteiger partial charge in [-0.25, -0.2) is 4.79 Å². The summed E-state index contributed by atoms with van der Waals surface area (Å²) < 4.78 is 5.27. The summed E-state index contributed by atoms with van der Waals surface area (Å²) in [5.74, 6) is 0.0353. The lowest BCUT2D eigenvalue weighted by molar-refractivity contribution is -0.136. The first kappa shape index (κ1) is 20.1. The van der Waals surface area contributed by atoms with Crippen molar-refractivity contribution in [3.8, 4) is 5.75 Å². The predicted molar refractivity (Wildman–Crippen MR) is 94.5 cm³/mol. The first-order valence-electron chi connectivity index (χ1n) is 7.68. The summed E-state index contributed by atoms with van der Waals surface area (Å²) in [6, 6.07) is 4.67. The minimum atomic E-state index is -0.618. The molecule has 0 heterocycles. The molecule has 0 bridgehead atoms. The van der Waals surface area contributed by atoms with Gasteiger partial charge in [-0.05, 0) is 42.6 Å². The molecular formula is C18H28N2O2. The van der Waals surface area contributed by atoms with Crippen LogP contribution in [-0.4, -0.2) is 18.6 Å². The molecule has 0 spiro atoms. The zero-order valence-electron chi connectivity index (χ0n) is 13.7. The lowest BCUT2D eigenvalue weighted by atomic mass is 10.1. The van der Waals surface area contributed by atoms with Gasteiger partial charge in [-0.3, -0.25) is 0 Å². The number of carbonyl (C=O) groups excluding carboxylic acids is 1. The van der Waals surface area contributed by atoms with E-state index in [-0.39, 0.29) is 0 Å². The summed E-state index contributed by atoms with van der Waals surface area (Å²) in [5, 5.41) is 0. The van der Waals surface area contributed by atoms with Crippen molar-refractivity contribution in [1.82, 2.24) is 0 Å². The number of nitrogens with two attached hydrogens (primary N) is 2. The van der Waals surface area contributed by atoms with Crippen LogP contribution in [0.15, 0.2) is 31.4 Å². The van der Waals surface area contributed by atoms with Gasteiger partial charge in [0.15, 0.2) is 0 Å². The fourth-order valence-electron chi connectivity index (χ4n) is 1.80. The summed E-state index contributed by atoms with van der Waals surface area (Å²) in [5.41, 5.74) is 13.0. The number of ether oxygens (including phenoxy) is 1. The third-order valence-corrected chi connectivity index (χ3v) is 2.99. The molecule has 4 nitrogen and oxygen atoms in total. The Kier molecular flexibility index (Phi) is 10.7. The summed E-state index contributed by atoms with van der Waals surface area (Å²) in [6.45, 7) is 12.0. The normalized spacial score (nSPS) is 10.9. The van der Waals surface area contributed by atoms with E-state index in [1.165, 1.54) is 0 Å². The van der Waals surface area contributed by atoms with Crippen LogP contribution in [0.3, 0.4) is 0 Å². The Hall–Kier alpha value is -1.91. The molecule has 1 rings (SSSR count). The second-order valence-corrected chi connectivity index (χ2v) is 4.51. The van der Waals surface area contributed by atoms with Gasteiger partial charge >= 0.3 is 5.97 Å². The standard InChI is InChI=1S/C16H22N2O2.C2H6/c1-3-12-8-9-14(11-13(12)4-2)20-16(19)15(18)7-5-6-10-17;1-2/h3-4,8-9,11,15H,1-2,5-7,10,17-18H2;1-2H3. The molecule has 0 aliphatic rings. The Bertz CT molecular complexity index is 484. The number of carbonyl (C=O) groups is 1. The van der Waals surface area contributed by atoms with Crippen molar-refractivity contribution in [2.24, 2.45) is 11.5 Å². The van der Waals surface area contributed by atoms with E-state index in [0.29, 0.717) is 18.7 Å². The lowest BCUT2D eigenvalue weighted by Crippen LogP contribution is -2.34. The van der Waals surface area contributed by atoms with Gasteiger partial charge in [0.2, 0.25) is 0 Å². The molecule has 1 atom stereocenters. The van der Waals surface area contributed by atoms with Crippen molar-refractivity contribution >= 4 is 18.1 Å². The molecule has 0 radical (unpaired) electrons. The Labute approximate surface area is 133 Å². The van der Waals surface area contributed by atoms with Crippen LogP contribution < -0.4 is 16.2 Å². The highest BCUT2D eigenvalue weighted by atomic mass is 16.5. The number of benzene rings is 1. The summed E-state index contributed by atoms with van der Waals surface area (Å²) in [6.07, 6.45) is 5.67. The van der Waals surface area contributed by atoms with E-state index in [9.17, 15) is 4.79 Å². The topological polar surface area (TPSA) is 78.3 Å². The minimum Gasteiger partial charge on any atom is -0.425 e. The molecule has 4 heteroatoms. The maximum Gasteiger partial charge on any atom is 0.328 e. The second kappa shape index (κ2) is 11.7. The van der Waals surface area contributed by atoms with Crippen LogP contribution in [0, 0.1) is 0 Å². The summed E-state index contributed by atoms with van der Waals surface area (Å²) in [7, 11) is 0. The quantitative estimate of drug-likeness (QED) is 0.438. The van der Waals surface area contributed by atoms with Crippen LogP contribution in [0.2, 0.25) is 0 Å². The molecule has 4 N–H and O–H groups in total. The van der Waals surface area contributed by atoms with Crippen molar-refractivity contribution in [2.75, 3.05) is 6.54 Å². The molecule has 0 aliphatic heterocycles. The molecule has 0 aromatic heterocycles. The highest BCUT2D eigenvalue weighted by Gasteiger charge is 2.15. The number of unbranched alkanes of at least 4 members (excludes halogenated alkanes) is 1. The van der Waals surface area contributed by atoms with E-state index in [4.69, 9.17) is 16.2 Å². The Morgan fingerprint density at radius 3 is 2.41 bits per heavy atom. The van der Waals surface area contributed by atoms with Crippen LogP contribution in [0.1, 0.15) is 44.2 Å². The number of hydrogen-bond acceptors (Lipinski definition) is 4. The molecule has 0 saturated carbocycles. The molecule has 0 aliphatic carbocycles. The molecule has 0 amide bonds. The van der Waals surface area contributed by atoms with Gasteiger partial charge in [0, 0.05) is 0 Å². The number of rotatable bonds is 8. The highest BCUT2D eigenvalue weighted by Crippen LogP contribution is 2.20. The van der Waals surface area contributed by atoms with Crippen molar-refractivity contribution in [2.45, 2.75) is 39.2 Å². The van der Waals surface area contributed by atoms with Gasteiger partial charge in [-0.15, -0.1) is 0 Å². The van der Waals surface area contributed by atoms with Gasteiger partial charge in [-0.2, -0.15) is 0 Å². The molecule has 0 fully saturated rings. The predicted octanol–water partition coefficient (Wildman–Crippen LogP) is 3.36. The Balaban J connectivity index is 0.00000211. The Morgan fingerprint density at radius 2 is 1.86 bits per heavy atom. The monoisotopic (exact) mass is 304 g/mol. The number of hydrogen-bond donors (Lipinski definition) is 2. The molecule has 1 aromatic carbocycles. The van der Waals surface area contributed by atoms with Gasteiger partial charge in [0.1, 0.15) is 11.8 Å². The molecule has 1 aromatic rings. The lowest BCUT2D eigenvalue weighted by Gasteiger charge is -2.12. The maximum atomic E-state index is 11.8. The van der Waals surface area contributed by atoms with Crippen LogP contribution in [0.25, 0.3) is 12.2 Å². The summed E-state index contributed by atoms with van der Waals surface area (Å²) >= 11 is 0. The Morgan fingerprint density at radius 1 is 1.23 bits per heavy atom. The van der Waals surface area contributed by atoms with E-state index < -0.39 is 12.0 Å². The van der Waals surface area contributed by atoms with E-state index in [0.717, 1.165) is 24.0 Å². The van der Waals surface area contributed by atoms with Gasteiger partial charge in [0.25, 0.3) is 0 Å². The van der Waals surface area contributed by atoms with Gasteiger partial charge in [-0.1, -0.05) is 51.6 Å². The third kappa shape index (κ3) is 6.70. The molecule has 0 saturated heterocycles. The van der Waals surface area contributed by atoms with E-state index in [1.54, 1.807) is 24.3 Å². The van der Waals surface area contributed by atoms with Gasteiger partial charge in [0.05, 0.1) is 0 Å². The zero-order chi connectivity index (χ0) is 17.0. The van der Waals surface area contributed by atoms with E-state index >= 15 is 0 Å². The fraction of sp³-hybridized carbons (Fsp3) is 0.389. The van der Waals surface area contributed by atoms with Crippen molar-refractivity contribution in [3.63, 3.8) is 0 Å². The molecule has 122 valence electrons. The highest BCUT2D eigenvalue weighted by molar-refractivity contribution is 5.78. The van der Waals surface area contributed by atoms with Crippen molar-refractivity contribution in [3.05, 3.63) is 42.5 Å². The van der Waals surface area contributed by atoms with Crippen molar-refractivity contribution < 1.29 is 9.53 Å². The minimum absolute atomic E-state index is 0.427.